The summed E-state index contributed by atoms with van der Waals surface area (Å²) < 4.78 is 14.9. The number of aromatic amines is 1. The maximum Gasteiger partial charge on any atom is 0.137 e. The second kappa shape index (κ2) is 9.22. The lowest BCUT2D eigenvalue weighted by molar-refractivity contribution is 0.0678. The van der Waals surface area contributed by atoms with Gasteiger partial charge in [-0.25, -0.2) is 14.1 Å². The van der Waals surface area contributed by atoms with E-state index in [2.05, 4.69) is 56.3 Å². The van der Waals surface area contributed by atoms with E-state index in [1.165, 1.54) is 27.6 Å². The molecule has 2 aromatic heterocycles. The van der Waals surface area contributed by atoms with Gasteiger partial charge >= 0.3 is 0 Å². The molecule has 1 saturated heterocycles. The average Bonchev–Trinajstić information content (AvgIpc) is 3.42. The molecule has 0 unspecified atom stereocenters. The number of hydrogen-bond acceptors (Lipinski definition) is 4. The third kappa shape index (κ3) is 4.89. The van der Waals surface area contributed by atoms with Gasteiger partial charge in [-0.3, -0.25) is 4.90 Å². The van der Waals surface area contributed by atoms with Crippen LogP contribution >= 0.6 is 0 Å². The Labute approximate surface area is 187 Å². The van der Waals surface area contributed by atoms with Gasteiger partial charge in [-0.2, -0.15) is 5.10 Å². The van der Waals surface area contributed by atoms with Crippen LogP contribution in [0.2, 0.25) is 0 Å². The normalized spacial score (nSPS) is 15.0. The second-order valence-corrected chi connectivity index (χ2v) is 8.99. The molecule has 1 aliphatic rings. The van der Waals surface area contributed by atoms with Gasteiger partial charge in [-0.15, -0.1) is 0 Å². The summed E-state index contributed by atoms with van der Waals surface area (Å²) in [5.41, 5.74) is 4.95. The number of fused-ring (bicyclic) bond motifs is 1. The first-order valence-electron chi connectivity index (χ1n) is 11.2. The molecule has 0 atom stereocenters. The number of benzene rings is 2. The van der Waals surface area contributed by atoms with Gasteiger partial charge in [-0.05, 0) is 60.3 Å². The number of likely N-dealkylation sites (N-methyl/N-ethyl adjacent to an activating group) is 1. The molecular formula is C25H29FN6. The summed E-state index contributed by atoms with van der Waals surface area (Å²) >= 11 is 0. The van der Waals surface area contributed by atoms with Crippen molar-refractivity contribution in [1.82, 2.24) is 29.5 Å². The maximum absolute atomic E-state index is 13.1. The maximum atomic E-state index is 13.1. The van der Waals surface area contributed by atoms with E-state index >= 15 is 0 Å². The third-order valence-corrected chi connectivity index (χ3v) is 6.33. The summed E-state index contributed by atoms with van der Waals surface area (Å²) in [6.07, 6.45) is 6.49. The van der Waals surface area contributed by atoms with Crippen molar-refractivity contribution in [2.75, 3.05) is 33.2 Å². The number of hydrogen-bond donors (Lipinski definition) is 1. The fraction of sp³-hybridized carbons (Fsp3) is 0.360. The van der Waals surface area contributed by atoms with Gasteiger partial charge in [0.05, 0.1) is 6.54 Å². The van der Waals surface area contributed by atoms with E-state index < -0.39 is 0 Å². The average molecular weight is 433 g/mol. The van der Waals surface area contributed by atoms with Crippen LogP contribution in [0.5, 0.6) is 0 Å². The standard InChI is InChI=1S/C25H29FN6/c1-30(12-21-14-31(15-21)13-19-2-5-23(26)6-3-19)9-8-22-11-28-25-7-4-20(10-24(22)25)16-32-18-27-17-29-32/h2-7,10-11,17-18,21,28H,8-9,12-16H2,1H3. The number of aromatic nitrogens is 4. The first-order valence-corrected chi connectivity index (χ1v) is 11.2. The van der Waals surface area contributed by atoms with Crippen LogP contribution in [-0.2, 0) is 19.5 Å². The first kappa shape index (κ1) is 20.8. The summed E-state index contributed by atoms with van der Waals surface area (Å²) in [6, 6.07) is 13.4. The second-order valence-electron chi connectivity index (χ2n) is 8.99. The molecule has 0 saturated carbocycles. The molecule has 32 heavy (non-hydrogen) atoms. The van der Waals surface area contributed by atoms with Crippen molar-refractivity contribution >= 4 is 10.9 Å². The zero-order chi connectivity index (χ0) is 21.9. The van der Waals surface area contributed by atoms with Crippen molar-refractivity contribution in [3.05, 3.63) is 83.8 Å². The van der Waals surface area contributed by atoms with E-state index in [-0.39, 0.29) is 5.82 Å². The summed E-state index contributed by atoms with van der Waals surface area (Å²) in [7, 11) is 2.22. The molecule has 3 heterocycles. The van der Waals surface area contributed by atoms with Gasteiger partial charge in [0, 0.05) is 49.8 Å². The Bertz CT molecular complexity index is 1150. The van der Waals surface area contributed by atoms with E-state index in [4.69, 9.17) is 0 Å². The SMILES string of the molecule is CN(CCc1c[nH]c2ccc(Cn3cncn3)cc12)CC1CN(Cc2ccc(F)cc2)C1. The molecule has 5 rings (SSSR count). The minimum atomic E-state index is -0.168. The number of likely N-dealkylation sites (tertiary alicyclic amines) is 1. The lowest BCUT2D eigenvalue weighted by Gasteiger charge is -2.41. The first-order chi connectivity index (χ1) is 15.6. The van der Waals surface area contributed by atoms with Crippen molar-refractivity contribution in [3.63, 3.8) is 0 Å². The molecule has 0 aliphatic carbocycles. The molecule has 0 amide bonds. The zero-order valence-corrected chi connectivity index (χ0v) is 18.4. The van der Waals surface area contributed by atoms with E-state index in [9.17, 15) is 4.39 Å². The van der Waals surface area contributed by atoms with Crippen LogP contribution in [-0.4, -0.2) is 62.8 Å². The Morgan fingerprint density at radius 1 is 1.09 bits per heavy atom. The fourth-order valence-corrected chi connectivity index (χ4v) is 4.64. The minimum absolute atomic E-state index is 0.168. The Kier molecular flexibility index (Phi) is 6.01. The summed E-state index contributed by atoms with van der Waals surface area (Å²) in [5.74, 6) is 0.538. The highest BCUT2D eigenvalue weighted by molar-refractivity contribution is 5.83. The van der Waals surface area contributed by atoms with E-state index in [0.29, 0.717) is 5.92 Å². The highest BCUT2D eigenvalue weighted by Crippen LogP contribution is 2.22. The highest BCUT2D eigenvalue weighted by atomic mass is 19.1. The van der Waals surface area contributed by atoms with Crippen LogP contribution in [0.1, 0.15) is 16.7 Å². The van der Waals surface area contributed by atoms with Crippen molar-refractivity contribution in [1.29, 1.82) is 0 Å². The van der Waals surface area contributed by atoms with Gasteiger partial charge in [-0.1, -0.05) is 18.2 Å². The molecule has 7 heteroatoms. The van der Waals surface area contributed by atoms with Crippen molar-refractivity contribution in [2.45, 2.75) is 19.5 Å². The Balaban J connectivity index is 1.10. The van der Waals surface area contributed by atoms with Crippen LogP contribution in [0.15, 0.2) is 61.3 Å². The van der Waals surface area contributed by atoms with E-state index in [1.807, 2.05) is 16.8 Å². The summed E-state index contributed by atoms with van der Waals surface area (Å²) in [6.45, 7) is 6.01. The number of rotatable bonds is 9. The molecule has 0 radical (unpaired) electrons. The van der Waals surface area contributed by atoms with Crippen LogP contribution < -0.4 is 0 Å². The minimum Gasteiger partial charge on any atom is -0.361 e. The van der Waals surface area contributed by atoms with Crippen molar-refractivity contribution < 1.29 is 4.39 Å². The van der Waals surface area contributed by atoms with Crippen molar-refractivity contribution in [2.24, 2.45) is 5.92 Å². The van der Waals surface area contributed by atoms with Crippen molar-refractivity contribution in [3.8, 4) is 0 Å². The lowest BCUT2D eigenvalue weighted by atomic mass is 9.98. The van der Waals surface area contributed by atoms with Crippen LogP contribution in [0.4, 0.5) is 4.39 Å². The molecular weight excluding hydrogens is 403 g/mol. The number of nitrogens with one attached hydrogen (secondary N) is 1. The topological polar surface area (TPSA) is 53.0 Å². The van der Waals surface area contributed by atoms with Gasteiger partial charge in [0.1, 0.15) is 18.5 Å². The monoisotopic (exact) mass is 432 g/mol. The molecule has 1 aliphatic heterocycles. The molecule has 2 aromatic carbocycles. The van der Waals surface area contributed by atoms with E-state index in [0.717, 1.165) is 45.7 Å². The fourth-order valence-electron chi connectivity index (χ4n) is 4.64. The van der Waals surface area contributed by atoms with Gasteiger partial charge in [0.15, 0.2) is 0 Å². The quantitative estimate of drug-likeness (QED) is 0.440. The molecule has 0 bridgehead atoms. The molecule has 166 valence electrons. The van der Waals surface area contributed by atoms with Gasteiger partial charge < -0.3 is 9.88 Å². The predicted molar refractivity (Wildman–Crippen MR) is 124 cm³/mol. The number of H-pyrrole nitrogens is 1. The zero-order valence-electron chi connectivity index (χ0n) is 18.4. The highest BCUT2D eigenvalue weighted by Gasteiger charge is 2.27. The number of halogens is 1. The Morgan fingerprint density at radius 3 is 2.69 bits per heavy atom. The van der Waals surface area contributed by atoms with E-state index in [1.54, 1.807) is 24.8 Å². The molecule has 1 fully saturated rings. The Morgan fingerprint density at radius 2 is 1.91 bits per heavy atom. The van der Waals surface area contributed by atoms with Crippen LogP contribution in [0.25, 0.3) is 10.9 Å². The van der Waals surface area contributed by atoms with Gasteiger partial charge in [0.2, 0.25) is 0 Å². The third-order valence-electron chi connectivity index (χ3n) is 6.33. The Hall–Kier alpha value is -3.03. The predicted octanol–water partition coefficient (Wildman–Crippen LogP) is 3.55. The summed E-state index contributed by atoms with van der Waals surface area (Å²) in [5, 5.41) is 5.50. The largest absolute Gasteiger partial charge is 0.361 e. The van der Waals surface area contributed by atoms with Crippen LogP contribution in [0.3, 0.4) is 0 Å². The molecule has 6 nitrogen and oxygen atoms in total. The number of nitrogens with zero attached hydrogens (tertiary/aromatic N) is 5. The van der Waals surface area contributed by atoms with Gasteiger partial charge in [0.25, 0.3) is 0 Å². The van der Waals surface area contributed by atoms with Crippen LogP contribution in [0, 0.1) is 11.7 Å². The molecule has 4 aromatic rings. The smallest absolute Gasteiger partial charge is 0.137 e. The molecule has 0 spiro atoms. The summed E-state index contributed by atoms with van der Waals surface area (Å²) in [4.78, 5) is 12.3. The molecule has 1 N–H and O–H groups in total. The lowest BCUT2D eigenvalue weighted by Crippen LogP contribution is -2.50.